The molecule has 0 amide bonds. The zero-order valence-electron chi connectivity index (χ0n) is 9.29. The maximum absolute atomic E-state index is 5.78. The molecule has 2 nitrogen and oxygen atoms in total. The SMILES string of the molecule is CCC1CCC(C)N1CCC(C)N. The summed E-state index contributed by atoms with van der Waals surface area (Å²) in [7, 11) is 0. The first-order valence-electron chi connectivity index (χ1n) is 5.66. The summed E-state index contributed by atoms with van der Waals surface area (Å²) < 4.78 is 0. The standard InChI is InChI=1S/C11H24N2/c1-4-11-6-5-10(3)13(11)8-7-9(2)12/h9-11H,4-8,12H2,1-3H3. The number of nitrogens with zero attached hydrogens (tertiary/aromatic N) is 1. The molecule has 78 valence electrons. The Bertz CT molecular complexity index is 145. The lowest BCUT2D eigenvalue weighted by Gasteiger charge is -2.28. The van der Waals surface area contributed by atoms with Crippen molar-refractivity contribution in [3.8, 4) is 0 Å². The van der Waals surface area contributed by atoms with Crippen molar-refractivity contribution < 1.29 is 0 Å². The molecular formula is C11H24N2. The average molecular weight is 184 g/mol. The van der Waals surface area contributed by atoms with Gasteiger partial charge in [-0.15, -0.1) is 0 Å². The highest BCUT2D eigenvalue weighted by atomic mass is 15.2. The zero-order valence-corrected chi connectivity index (χ0v) is 9.29. The Balaban J connectivity index is 2.35. The monoisotopic (exact) mass is 184 g/mol. The predicted octanol–water partition coefficient (Wildman–Crippen LogP) is 1.99. The van der Waals surface area contributed by atoms with E-state index in [-0.39, 0.29) is 0 Å². The smallest absolute Gasteiger partial charge is 0.00960 e. The molecule has 0 aromatic rings. The van der Waals surface area contributed by atoms with E-state index in [1.165, 1.54) is 25.8 Å². The molecule has 1 aliphatic rings. The third-order valence-corrected chi connectivity index (χ3v) is 3.27. The molecule has 0 aromatic heterocycles. The fraction of sp³-hybridized carbons (Fsp3) is 1.00. The highest BCUT2D eigenvalue weighted by molar-refractivity contribution is 4.84. The van der Waals surface area contributed by atoms with Crippen LogP contribution in [0.25, 0.3) is 0 Å². The van der Waals surface area contributed by atoms with Gasteiger partial charge in [-0.25, -0.2) is 0 Å². The fourth-order valence-electron chi connectivity index (χ4n) is 2.32. The molecule has 1 rings (SSSR count). The van der Waals surface area contributed by atoms with Gasteiger partial charge in [-0.1, -0.05) is 6.92 Å². The van der Waals surface area contributed by atoms with Gasteiger partial charge in [-0.2, -0.15) is 0 Å². The van der Waals surface area contributed by atoms with E-state index >= 15 is 0 Å². The van der Waals surface area contributed by atoms with Crippen LogP contribution in [0.15, 0.2) is 0 Å². The van der Waals surface area contributed by atoms with E-state index in [4.69, 9.17) is 5.73 Å². The molecule has 1 heterocycles. The van der Waals surface area contributed by atoms with Crippen molar-refractivity contribution in [1.29, 1.82) is 0 Å². The zero-order chi connectivity index (χ0) is 9.84. The van der Waals surface area contributed by atoms with Gasteiger partial charge in [0, 0.05) is 24.7 Å². The maximum atomic E-state index is 5.78. The molecule has 0 radical (unpaired) electrons. The second kappa shape index (κ2) is 4.97. The molecule has 0 aromatic carbocycles. The predicted molar refractivity (Wildman–Crippen MR) is 57.7 cm³/mol. The van der Waals surface area contributed by atoms with Gasteiger partial charge in [-0.3, -0.25) is 4.90 Å². The van der Waals surface area contributed by atoms with E-state index in [9.17, 15) is 0 Å². The van der Waals surface area contributed by atoms with Crippen LogP contribution in [0, 0.1) is 0 Å². The van der Waals surface area contributed by atoms with E-state index in [0.717, 1.165) is 18.5 Å². The van der Waals surface area contributed by atoms with Crippen LogP contribution < -0.4 is 5.73 Å². The quantitative estimate of drug-likeness (QED) is 0.724. The van der Waals surface area contributed by atoms with Gasteiger partial charge >= 0.3 is 0 Å². The third kappa shape index (κ3) is 2.96. The normalized spacial score (nSPS) is 32.3. The lowest BCUT2D eigenvalue weighted by Crippen LogP contribution is -2.37. The summed E-state index contributed by atoms with van der Waals surface area (Å²) in [5, 5.41) is 0. The van der Waals surface area contributed by atoms with Crippen LogP contribution in [0.1, 0.15) is 46.5 Å². The molecule has 2 heteroatoms. The summed E-state index contributed by atoms with van der Waals surface area (Å²) in [5.41, 5.74) is 5.78. The van der Waals surface area contributed by atoms with Gasteiger partial charge < -0.3 is 5.73 Å². The van der Waals surface area contributed by atoms with Crippen LogP contribution >= 0.6 is 0 Å². The van der Waals surface area contributed by atoms with Gasteiger partial charge in [0.05, 0.1) is 0 Å². The van der Waals surface area contributed by atoms with Crippen LogP contribution in [0.2, 0.25) is 0 Å². The van der Waals surface area contributed by atoms with Crippen molar-refractivity contribution in [1.82, 2.24) is 4.90 Å². The van der Waals surface area contributed by atoms with Crippen molar-refractivity contribution in [3.63, 3.8) is 0 Å². The molecule has 0 saturated carbocycles. The number of likely N-dealkylation sites (tertiary alicyclic amines) is 1. The van der Waals surface area contributed by atoms with Crippen molar-refractivity contribution >= 4 is 0 Å². The molecular weight excluding hydrogens is 160 g/mol. The van der Waals surface area contributed by atoms with Crippen molar-refractivity contribution in [2.24, 2.45) is 5.73 Å². The number of hydrogen-bond acceptors (Lipinski definition) is 2. The summed E-state index contributed by atoms with van der Waals surface area (Å²) in [6.07, 6.45) is 5.19. The molecule has 3 unspecified atom stereocenters. The van der Waals surface area contributed by atoms with Crippen molar-refractivity contribution in [2.45, 2.75) is 64.6 Å². The van der Waals surface area contributed by atoms with E-state index in [2.05, 4.69) is 25.7 Å². The minimum atomic E-state index is 0.352. The number of nitrogens with two attached hydrogens (primary N) is 1. The third-order valence-electron chi connectivity index (χ3n) is 3.27. The average Bonchev–Trinajstić information content (AvgIpc) is 2.43. The largest absolute Gasteiger partial charge is 0.328 e. The van der Waals surface area contributed by atoms with Crippen LogP contribution in [-0.2, 0) is 0 Å². The van der Waals surface area contributed by atoms with Crippen LogP contribution in [0.5, 0.6) is 0 Å². The van der Waals surface area contributed by atoms with E-state index in [1.807, 2.05) is 0 Å². The molecule has 1 aliphatic heterocycles. The molecule has 1 saturated heterocycles. The fourth-order valence-corrected chi connectivity index (χ4v) is 2.32. The summed E-state index contributed by atoms with van der Waals surface area (Å²) in [5.74, 6) is 0. The Morgan fingerprint density at radius 1 is 1.46 bits per heavy atom. The summed E-state index contributed by atoms with van der Waals surface area (Å²) in [6, 6.07) is 1.96. The second-order valence-corrected chi connectivity index (χ2v) is 4.49. The van der Waals surface area contributed by atoms with Crippen molar-refractivity contribution in [3.05, 3.63) is 0 Å². The first kappa shape index (κ1) is 11.0. The lowest BCUT2D eigenvalue weighted by atomic mass is 10.1. The van der Waals surface area contributed by atoms with Gasteiger partial charge in [-0.05, 0) is 39.5 Å². The van der Waals surface area contributed by atoms with Crippen LogP contribution in [0.4, 0.5) is 0 Å². The van der Waals surface area contributed by atoms with Gasteiger partial charge in [0.1, 0.15) is 0 Å². The highest BCUT2D eigenvalue weighted by Gasteiger charge is 2.28. The summed E-state index contributed by atoms with van der Waals surface area (Å²) in [6.45, 7) is 7.93. The Morgan fingerprint density at radius 2 is 2.15 bits per heavy atom. The topological polar surface area (TPSA) is 29.3 Å². The molecule has 0 bridgehead atoms. The van der Waals surface area contributed by atoms with Crippen LogP contribution in [-0.4, -0.2) is 29.6 Å². The summed E-state index contributed by atoms with van der Waals surface area (Å²) >= 11 is 0. The van der Waals surface area contributed by atoms with E-state index in [0.29, 0.717) is 6.04 Å². The Morgan fingerprint density at radius 3 is 2.69 bits per heavy atom. The van der Waals surface area contributed by atoms with E-state index < -0.39 is 0 Å². The van der Waals surface area contributed by atoms with Gasteiger partial charge in [0.15, 0.2) is 0 Å². The Hall–Kier alpha value is -0.0800. The Labute approximate surface area is 82.5 Å². The summed E-state index contributed by atoms with van der Waals surface area (Å²) in [4.78, 5) is 2.64. The first-order chi connectivity index (χ1) is 6.15. The minimum Gasteiger partial charge on any atom is -0.328 e. The molecule has 3 atom stereocenters. The van der Waals surface area contributed by atoms with Gasteiger partial charge in [0.25, 0.3) is 0 Å². The van der Waals surface area contributed by atoms with Gasteiger partial charge in [0.2, 0.25) is 0 Å². The Kier molecular flexibility index (Phi) is 4.20. The minimum absolute atomic E-state index is 0.352. The molecule has 13 heavy (non-hydrogen) atoms. The maximum Gasteiger partial charge on any atom is 0.00960 e. The highest BCUT2D eigenvalue weighted by Crippen LogP contribution is 2.25. The molecule has 0 aliphatic carbocycles. The first-order valence-corrected chi connectivity index (χ1v) is 5.66. The number of rotatable bonds is 4. The molecule has 0 spiro atoms. The lowest BCUT2D eigenvalue weighted by molar-refractivity contribution is 0.192. The van der Waals surface area contributed by atoms with Crippen LogP contribution in [0.3, 0.4) is 0 Å². The molecule has 2 N–H and O–H groups in total. The molecule has 1 fully saturated rings. The number of hydrogen-bond donors (Lipinski definition) is 1. The second-order valence-electron chi connectivity index (χ2n) is 4.49. The van der Waals surface area contributed by atoms with Crippen molar-refractivity contribution in [2.75, 3.05) is 6.54 Å². The van der Waals surface area contributed by atoms with E-state index in [1.54, 1.807) is 0 Å².